The molecule has 0 fully saturated rings. The van der Waals surface area contributed by atoms with Crippen molar-refractivity contribution in [3.8, 4) is 0 Å². The first kappa shape index (κ1) is 34.0. The zero-order chi connectivity index (χ0) is 25.5. The number of hydrogen-bond donors (Lipinski definition) is 1. The van der Waals surface area contributed by atoms with Gasteiger partial charge >= 0.3 is 7.82 Å². The van der Waals surface area contributed by atoms with Crippen LogP contribution in [0.25, 0.3) is 0 Å². The summed E-state index contributed by atoms with van der Waals surface area (Å²) >= 11 is 0. The van der Waals surface area contributed by atoms with Gasteiger partial charge in [0.1, 0.15) is 19.3 Å². The minimum Gasteiger partial charge on any atom is -0.379 e. The Balaban J connectivity index is 4.21. The highest BCUT2D eigenvalue weighted by Gasteiger charge is 2.25. The molecule has 0 aromatic carbocycles. The summed E-state index contributed by atoms with van der Waals surface area (Å²) in [6, 6.07) is 0. The van der Waals surface area contributed by atoms with Crippen molar-refractivity contribution in [3.05, 3.63) is 0 Å². The Labute approximate surface area is 211 Å². The normalized spacial score (nSPS) is 14.9. The standard InChI is InChI=1S/C26H56NO6P/c1-6-8-10-12-14-15-16-18-21-30-24-26(31-22-19-17-13-11-9-7-2)25-33-34(28,29)32-23-20-27(3,4)5/h26H,6-25H2,1-5H3/p+1. The van der Waals surface area contributed by atoms with Gasteiger partial charge in [0.05, 0.1) is 34.4 Å². The third-order valence-electron chi connectivity index (χ3n) is 5.74. The molecular formula is C26H57NO6P+. The molecule has 0 saturated carbocycles. The van der Waals surface area contributed by atoms with E-state index in [0.717, 1.165) is 19.3 Å². The first-order chi connectivity index (χ1) is 16.2. The molecule has 2 atom stereocenters. The lowest BCUT2D eigenvalue weighted by molar-refractivity contribution is -0.870. The maximum absolute atomic E-state index is 12.2. The largest absolute Gasteiger partial charge is 0.472 e. The van der Waals surface area contributed by atoms with Crippen molar-refractivity contribution in [1.29, 1.82) is 0 Å². The van der Waals surface area contributed by atoms with E-state index in [0.29, 0.717) is 30.8 Å². The number of quaternary nitrogens is 1. The second-order valence-electron chi connectivity index (χ2n) is 10.4. The lowest BCUT2D eigenvalue weighted by Crippen LogP contribution is -2.37. The van der Waals surface area contributed by atoms with Gasteiger partial charge in [-0.25, -0.2) is 4.57 Å². The van der Waals surface area contributed by atoms with Gasteiger partial charge < -0.3 is 18.9 Å². The molecule has 0 radical (unpaired) electrons. The quantitative estimate of drug-likeness (QED) is 0.0790. The van der Waals surface area contributed by atoms with Crippen LogP contribution in [0.15, 0.2) is 0 Å². The number of nitrogens with zero attached hydrogens (tertiary/aromatic N) is 1. The van der Waals surface area contributed by atoms with Gasteiger partial charge in [-0.3, -0.25) is 9.05 Å². The third kappa shape index (κ3) is 25.1. The van der Waals surface area contributed by atoms with E-state index in [1.165, 1.54) is 70.6 Å². The van der Waals surface area contributed by atoms with Gasteiger partial charge in [-0.05, 0) is 12.8 Å². The van der Waals surface area contributed by atoms with Gasteiger partial charge in [0.15, 0.2) is 0 Å². The van der Waals surface area contributed by atoms with E-state index >= 15 is 0 Å². The molecule has 0 rings (SSSR count). The van der Waals surface area contributed by atoms with E-state index in [9.17, 15) is 9.46 Å². The maximum atomic E-state index is 12.2. The van der Waals surface area contributed by atoms with E-state index < -0.39 is 7.82 Å². The maximum Gasteiger partial charge on any atom is 0.472 e. The summed E-state index contributed by atoms with van der Waals surface area (Å²) in [5.41, 5.74) is 0. The lowest BCUT2D eigenvalue weighted by Gasteiger charge is -2.24. The van der Waals surface area contributed by atoms with Crippen LogP contribution in [0.5, 0.6) is 0 Å². The molecule has 0 bridgehead atoms. The fourth-order valence-corrected chi connectivity index (χ4v) is 4.22. The molecule has 0 spiro atoms. The second kappa shape index (κ2) is 22.2. The number of ether oxygens (including phenoxy) is 2. The summed E-state index contributed by atoms with van der Waals surface area (Å²) in [7, 11) is 1.91. The Morgan fingerprint density at radius 2 is 1.18 bits per heavy atom. The Morgan fingerprint density at radius 1 is 0.676 bits per heavy atom. The molecule has 0 aromatic heterocycles. The molecule has 34 heavy (non-hydrogen) atoms. The van der Waals surface area contributed by atoms with Crippen molar-refractivity contribution in [2.75, 3.05) is 60.7 Å². The monoisotopic (exact) mass is 510 g/mol. The molecule has 7 nitrogen and oxygen atoms in total. The zero-order valence-corrected chi connectivity index (χ0v) is 24.0. The summed E-state index contributed by atoms with van der Waals surface area (Å²) in [4.78, 5) is 10.0. The summed E-state index contributed by atoms with van der Waals surface area (Å²) in [5, 5.41) is 0. The van der Waals surface area contributed by atoms with Crippen LogP contribution < -0.4 is 0 Å². The fourth-order valence-electron chi connectivity index (χ4n) is 3.47. The van der Waals surface area contributed by atoms with Crippen LogP contribution in [0.1, 0.15) is 104 Å². The molecular weight excluding hydrogens is 453 g/mol. The number of likely N-dealkylation sites (N-methyl/N-ethyl adjacent to an activating group) is 1. The van der Waals surface area contributed by atoms with Crippen LogP contribution in [0, 0.1) is 0 Å². The topological polar surface area (TPSA) is 74.2 Å². The van der Waals surface area contributed by atoms with Crippen LogP contribution in [-0.4, -0.2) is 76.2 Å². The highest BCUT2D eigenvalue weighted by molar-refractivity contribution is 7.47. The summed E-state index contributed by atoms with van der Waals surface area (Å²) in [6.07, 6.45) is 16.8. The van der Waals surface area contributed by atoms with Crippen molar-refractivity contribution in [1.82, 2.24) is 0 Å². The number of phosphoric ester groups is 1. The molecule has 0 aromatic rings. The number of unbranched alkanes of at least 4 members (excludes halogenated alkanes) is 12. The summed E-state index contributed by atoms with van der Waals surface area (Å²) in [6.45, 7) is 6.89. The average molecular weight is 511 g/mol. The lowest BCUT2D eigenvalue weighted by atomic mass is 10.1. The van der Waals surface area contributed by atoms with E-state index in [1.54, 1.807) is 0 Å². The Hall–Kier alpha value is -0.0100. The van der Waals surface area contributed by atoms with E-state index in [-0.39, 0.29) is 19.3 Å². The first-order valence-corrected chi connectivity index (χ1v) is 15.3. The molecule has 0 heterocycles. The van der Waals surface area contributed by atoms with E-state index in [1.807, 2.05) is 21.1 Å². The Bertz CT molecular complexity index is 486. The fraction of sp³-hybridized carbons (Fsp3) is 1.00. The molecule has 8 heteroatoms. The number of phosphoric acid groups is 1. The van der Waals surface area contributed by atoms with Crippen molar-refractivity contribution < 1.29 is 32.5 Å². The molecule has 0 saturated heterocycles. The number of hydrogen-bond acceptors (Lipinski definition) is 5. The van der Waals surface area contributed by atoms with Gasteiger partial charge in [-0.1, -0.05) is 90.9 Å². The SMILES string of the molecule is CCCCCCCCCCOCC(COP(=O)(O)OCC[N+](C)(C)C)OCCCCCCCC. The molecule has 2 unspecified atom stereocenters. The van der Waals surface area contributed by atoms with Crippen LogP contribution in [0.2, 0.25) is 0 Å². The van der Waals surface area contributed by atoms with Gasteiger partial charge in [0.2, 0.25) is 0 Å². The van der Waals surface area contributed by atoms with Gasteiger partial charge in [-0.15, -0.1) is 0 Å². The Kier molecular flexibility index (Phi) is 22.2. The van der Waals surface area contributed by atoms with E-state index in [4.69, 9.17) is 18.5 Å². The molecule has 206 valence electrons. The molecule has 1 N–H and O–H groups in total. The highest BCUT2D eigenvalue weighted by Crippen LogP contribution is 2.43. The van der Waals surface area contributed by atoms with Crippen molar-refractivity contribution >= 4 is 7.82 Å². The smallest absolute Gasteiger partial charge is 0.379 e. The van der Waals surface area contributed by atoms with Gasteiger partial charge in [0, 0.05) is 13.2 Å². The van der Waals surface area contributed by atoms with Crippen LogP contribution in [0.4, 0.5) is 0 Å². The first-order valence-electron chi connectivity index (χ1n) is 13.8. The predicted octanol–water partition coefficient (Wildman–Crippen LogP) is 6.73. The van der Waals surface area contributed by atoms with Gasteiger partial charge in [-0.2, -0.15) is 0 Å². The summed E-state index contributed by atoms with van der Waals surface area (Å²) < 4.78 is 35.0. The van der Waals surface area contributed by atoms with Crippen LogP contribution in [-0.2, 0) is 23.1 Å². The molecule has 0 aliphatic heterocycles. The van der Waals surface area contributed by atoms with Crippen LogP contribution >= 0.6 is 7.82 Å². The Morgan fingerprint density at radius 3 is 1.71 bits per heavy atom. The summed E-state index contributed by atoms with van der Waals surface area (Å²) in [5.74, 6) is 0. The average Bonchev–Trinajstić information content (AvgIpc) is 2.76. The van der Waals surface area contributed by atoms with Crippen molar-refractivity contribution in [3.63, 3.8) is 0 Å². The van der Waals surface area contributed by atoms with Gasteiger partial charge in [0.25, 0.3) is 0 Å². The highest BCUT2D eigenvalue weighted by atomic mass is 31.2. The molecule has 0 aliphatic carbocycles. The molecule has 0 amide bonds. The minimum absolute atomic E-state index is 0.00852. The van der Waals surface area contributed by atoms with E-state index in [2.05, 4.69) is 13.8 Å². The number of rotatable bonds is 26. The zero-order valence-electron chi connectivity index (χ0n) is 23.1. The van der Waals surface area contributed by atoms with Crippen LogP contribution in [0.3, 0.4) is 0 Å². The third-order valence-corrected chi connectivity index (χ3v) is 6.72. The predicted molar refractivity (Wildman–Crippen MR) is 141 cm³/mol. The second-order valence-corrected chi connectivity index (χ2v) is 11.9. The minimum atomic E-state index is -4.10. The van der Waals surface area contributed by atoms with Crippen molar-refractivity contribution in [2.45, 2.75) is 110 Å². The molecule has 0 aliphatic rings. The van der Waals surface area contributed by atoms with Crippen molar-refractivity contribution in [2.24, 2.45) is 0 Å².